The molecule has 4 heteroatoms. The number of esters is 1. The molecular formula is C34H43N2O2+. The minimum absolute atomic E-state index is 0.189. The van der Waals surface area contributed by atoms with E-state index in [4.69, 9.17) is 4.74 Å². The van der Waals surface area contributed by atoms with E-state index in [1.807, 2.05) is 25.1 Å². The van der Waals surface area contributed by atoms with E-state index in [-0.39, 0.29) is 22.2 Å². The summed E-state index contributed by atoms with van der Waals surface area (Å²) < 4.78 is 7.47. The molecule has 2 aromatic rings. The van der Waals surface area contributed by atoms with Crippen LogP contribution in [0.4, 0.5) is 11.4 Å². The van der Waals surface area contributed by atoms with E-state index in [0.29, 0.717) is 12.2 Å². The summed E-state index contributed by atoms with van der Waals surface area (Å²) in [5.41, 5.74) is 10.0. The first-order valence-corrected chi connectivity index (χ1v) is 14.1. The van der Waals surface area contributed by atoms with E-state index in [1.165, 1.54) is 40.9 Å². The summed E-state index contributed by atoms with van der Waals surface area (Å²) in [5.74, 6) is -0.265. The molecule has 0 aliphatic carbocycles. The zero-order valence-electron chi connectivity index (χ0n) is 24.4. The number of carbonyl (C=O) groups excluding carboxylic acids is 1. The van der Waals surface area contributed by atoms with Crippen molar-refractivity contribution in [3.05, 3.63) is 76.4 Å². The van der Waals surface area contributed by atoms with Gasteiger partial charge >= 0.3 is 5.97 Å². The highest BCUT2D eigenvalue weighted by Crippen LogP contribution is 2.49. The van der Waals surface area contributed by atoms with Crippen LogP contribution >= 0.6 is 0 Å². The van der Waals surface area contributed by atoms with Gasteiger partial charge in [0.2, 0.25) is 5.69 Å². The summed E-state index contributed by atoms with van der Waals surface area (Å²) in [6.07, 6.45) is 11.2. The van der Waals surface area contributed by atoms with Crippen molar-refractivity contribution in [2.45, 2.75) is 77.6 Å². The third kappa shape index (κ3) is 4.32. The zero-order chi connectivity index (χ0) is 27.5. The summed E-state index contributed by atoms with van der Waals surface area (Å²) in [7, 11) is 2.10. The number of benzene rings is 2. The average Bonchev–Trinajstić information content (AvgIpc) is 3.05. The molecule has 0 fully saturated rings. The fourth-order valence-electron chi connectivity index (χ4n) is 6.55. The van der Waals surface area contributed by atoms with E-state index in [0.717, 1.165) is 24.3 Å². The zero-order valence-corrected chi connectivity index (χ0v) is 24.4. The van der Waals surface area contributed by atoms with E-state index >= 15 is 0 Å². The number of ether oxygens (including phenoxy) is 1. The Morgan fingerprint density at radius 2 is 1.53 bits per heavy atom. The SMILES string of the molecule is CCOC(=O)c1ccc2c(c1)C(C)(C)C(/C=C/C=C/c1cc3c4c(c1)C(C)(C)CCN4CCC3(C)C)=[N+]2C. The Hall–Kier alpha value is -3.14. The summed E-state index contributed by atoms with van der Waals surface area (Å²) in [6.45, 7) is 18.6. The van der Waals surface area contributed by atoms with Crippen molar-refractivity contribution in [3.63, 3.8) is 0 Å². The number of hydrogen-bond acceptors (Lipinski definition) is 3. The second kappa shape index (κ2) is 9.25. The minimum Gasteiger partial charge on any atom is -0.462 e. The van der Waals surface area contributed by atoms with E-state index in [2.05, 4.69) is 94.5 Å². The Kier molecular flexibility index (Phi) is 6.44. The smallest absolute Gasteiger partial charge is 0.338 e. The number of anilines is 1. The molecule has 0 N–H and O–H groups in total. The number of carbonyl (C=O) groups is 1. The van der Waals surface area contributed by atoms with Crippen LogP contribution in [-0.4, -0.2) is 43.0 Å². The molecule has 0 aromatic heterocycles. The van der Waals surface area contributed by atoms with Gasteiger partial charge in [0.05, 0.1) is 17.6 Å². The van der Waals surface area contributed by atoms with Crippen LogP contribution in [0.5, 0.6) is 0 Å². The van der Waals surface area contributed by atoms with Gasteiger partial charge in [0.25, 0.3) is 0 Å². The third-order valence-electron chi connectivity index (χ3n) is 9.12. The molecule has 3 aliphatic rings. The maximum Gasteiger partial charge on any atom is 0.338 e. The highest BCUT2D eigenvalue weighted by atomic mass is 16.5. The van der Waals surface area contributed by atoms with Crippen molar-refractivity contribution in [2.75, 3.05) is 31.6 Å². The van der Waals surface area contributed by atoms with Crippen LogP contribution in [0.3, 0.4) is 0 Å². The van der Waals surface area contributed by atoms with Gasteiger partial charge in [0.15, 0.2) is 5.71 Å². The molecule has 4 nitrogen and oxygen atoms in total. The summed E-state index contributed by atoms with van der Waals surface area (Å²) >= 11 is 0. The lowest BCUT2D eigenvalue weighted by Crippen LogP contribution is -2.44. The molecule has 2 aromatic carbocycles. The predicted octanol–water partition coefficient (Wildman–Crippen LogP) is 7.31. The lowest BCUT2D eigenvalue weighted by atomic mass is 9.69. The summed E-state index contributed by atoms with van der Waals surface area (Å²) in [6, 6.07) is 10.7. The number of allylic oxidation sites excluding steroid dienone is 3. The molecule has 0 amide bonds. The van der Waals surface area contributed by atoms with Gasteiger partial charge in [-0.15, -0.1) is 0 Å². The fourth-order valence-corrected chi connectivity index (χ4v) is 6.55. The molecule has 0 saturated heterocycles. The van der Waals surface area contributed by atoms with Crippen LogP contribution in [-0.2, 0) is 21.0 Å². The van der Waals surface area contributed by atoms with Gasteiger partial charge < -0.3 is 9.64 Å². The van der Waals surface area contributed by atoms with Crippen LogP contribution < -0.4 is 4.90 Å². The highest BCUT2D eigenvalue weighted by Gasteiger charge is 2.43. The van der Waals surface area contributed by atoms with Gasteiger partial charge in [0, 0.05) is 36.5 Å². The second-order valence-electron chi connectivity index (χ2n) is 13.0. The largest absolute Gasteiger partial charge is 0.462 e. The Morgan fingerprint density at radius 1 is 0.921 bits per heavy atom. The van der Waals surface area contributed by atoms with E-state index in [1.54, 1.807) is 0 Å². The molecule has 0 bridgehead atoms. The quantitative estimate of drug-likeness (QED) is 0.240. The van der Waals surface area contributed by atoms with Crippen molar-refractivity contribution < 1.29 is 14.1 Å². The minimum atomic E-state index is -0.265. The monoisotopic (exact) mass is 511 g/mol. The van der Waals surface area contributed by atoms with Gasteiger partial charge in [-0.1, -0.05) is 45.9 Å². The number of rotatable bonds is 5. The van der Waals surface area contributed by atoms with Gasteiger partial charge in [-0.05, 0) is 85.4 Å². The number of nitrogens with zero attached hydrogens (tertiary/aromatic N) is 2. The van der Waals surface area contributed by atoms with Gasteiger partial charge in [-0.2, -0.15) is 4.58 Å². The van der Waals surface area contributed by atoms with Crippen LogP contribution in [0.25, 0.3) is 6.08 Å². The molecule has 0 radical (unpaired) electrons. The van der Waals surface area contributed by atoms with Gasteiger partial charge in [-0.3, -0.25) is 0 Å². The maximum atomic E-state index is 12.3. The maximum absolute atomic E-state index is 12.3. The summed E-state index contributed by atoms with van der Waals surface area (Å²) in [4.78, 5) is 15.0. The molecule has 5 rings (SSSR count). The molecule has 3 heterocycles. The third-order valence-corrected chi connectivity index (χ3v) is 9.12. The molecule has 0 saturated carbocycles. The van der Waals surface area contributed by atoms with Crippen molar-refractivity contribution in [1.29, 1.82) is 0 Å². The molecule has 38 heavy (non-hydrogen) atoms. The fraction of sp³-hybridized carbons (Fsp3) is 0.471. The first kappa shape index (κ1) is 26.5. The van der Waals surface area contributed by atoms with Crippen molar-refractivity contribution >= 4 is 29.1 Å². The van der Waals surface area contributed by atoms with Crippen molar-refractivity contribution in [1.82, 2.24) is 0 Å². The Morgan fingerprint density at radius 3 is 2.13 bits per heavy atom. The van der Waals surface area contributed by atoms with Crippen LogP contribution in [0.2, 0.25) is 0 Å². The number of fused-ring (bicyclic) bond motifs is 1. The van der Waals surface area contributed by atoms with Crippen molar-refractivity contribution in [2.24, 2.45) is 0 Å². The number of hydrogen-bond donors (Lipinski definition) is 0. The van der Waals surface area contributed by atoms with Crippen molar-refractivity contribution in [3.8, 4) is 0 Å². The molecule has 0 unspecified atom stereocenters. The molecule has 3 aliphatic heterocycles. The van der Waals surface area contributed by atoms with Crippen LogP contribution in [0, 0.1) is 0 Å². The predicted molar refractivity (Wildman–Crippen MR) is 158 cm³/mol. The standard InChI is InChI=1S/C34H43N2O2/c1-9-38-31(37)24-14-15-28-25(22-24)34(6,7)29(35(28)8)13-11-10-12-23-20-26-30-27(21-23)33(4,5)17-19-36(30)18-16-32(26,2)3/h10-15,20-22H,9,16-19H2,1-8H3/q+1. The Labute approximate surface area is 228 Å². The molecular weight excluding hydrogens is 468 g/mol. The second-order valence-corrected chi connectivity index (χ2v) is 13.0. The molecule has 200 valence electrons. The Bertz CT molecular complexity index is 1350. The average molecular weight is 512 g/mol. The first-order chi connectivity index (χ1) is 17.9. The Balaban J connectivity index is 1.44. The first-order valence-electron chi connectivity index (χ1n) is 14.1. The topological polar surface area (TPSA) is 32.5 Å². The van der Waals surface area contributed by atoms with Gasteiger partial charge in [0.1, 0.15) is 7.05 Å². The van der Waals surface area contributed by atoms with Crippen LogP contribution in [0.15, 0.2) is 48.6 Å². The van der Waals surface area contributed by atoms with E-state index < -0.39 is 0 Å². The van der Waals surface area contributed by atoms with Crippen LogP contribution in [0.1, 0.15) is 93.9 Å². The van der Waals surface area contributed by atoms with E-state index in [9.17, 15) is 4.79 Å². The summed E-state index contributed by atoms with van der Waals surface area (Å²) in [5, 5.41) is 0. The lowest BCUT2D eigenvalue weighted by molar-refractivity contribution is -0.401. The van der Waals surface area contributed by atoms with Gasteiger partial charge in [-0.25, -0.2) is 4.79 Å². The highest BCUT2D eigenvalue weighted by molar-refractivity contribution is 6.04. The molecule has 0 spiro atoms. The molecule has 0 atom stereocenters. The normalized spacial score (nSPS) is 20.7. The lowest BCUT2D eigenvalue weighted by Gasteiger charge is -2.48.